The van der Waals surface area contributed by atoms with Gasteiger partial charge in [-0.3, -0.25) is 10.1 Å². The molecule has 0 aliphatic heterocycles. The Morgan fingerprint density at radius 1 is 1.33 bits per heavy atom. The van der Waals surface area contributed by atoms with Crippen molar-refractivity contribution in [3.8, 4) is 11.4 Å². The Morgan fingerprint density at radius 3 is 2.81 bits per heavy atom. The van der Waals surface area contributed by atoms with E-state index in [-0.39, 0.29) is 17.2 Å². The first-order valence-corrected chi connectivity index (χ1v) is 6.81. The third-order valence-electron chi connectivity index (χ3n) is 2.84. The first-order chi connectivity index (χ1) is 10.2. The van der Waals surface area contributed by atoms with Crippen molar-refractivity contribution in [2.45, 2.75) is 33.2 Å². The first kappa shape index (κ1) is 14.8. The van der Waals surface area contributed by atoms with Gasteiger partial charge < -0.3 is 5.32 Å². The van der Waals surface area contributed by atoms with E-state index in [0.29, 0.717) is 18.8 Å². The van der Waals surface area contributed by atoms with E-state index in [0.717, 1.165) is 12.8 Å². The topological polar surface area (TPSA) is 112 Å². The average Bonchev–Trinajstić information content (AvgIpc) is 2.93. The van der Waals surface area contributed by atoms with Gasteiger partial charge in [-0.1, -0.05) is 19.1 Å². The Balaban J connectivity index is 2.52. The molecule has 112 valence electrons. The molecule has 2 aromatic heterocycles. The molecule has 9 heteroatoms. The van der Waals surface area contributed by atoms with Crippen molar-refractivity contribution in [1.29, 1.82) is 0 Å². The van der Waals surface area contributed by atoms with E-state index < -0.39 is 4.92 Å². The highest BCUT2D eigenvalue weighted by Crippen LogP contribution is 2.32. The van der Waals surface area contributed by atoms with Crippen molar-refractivity contribution in [2.24, 2.45) is 0 Å². The highest BCUT2D eigenvalue weighted by Gasteiger charge is 2.26. The van der Waals surface area contributed by atoms with Gasteiger partial charge in [-0.05, 0) is 12.8 Å². The summed E-state index contributed by atoms with van der Waals surface area (Å²) in [6.45, 7) is 5.19. The van der Waals surface area contributed by atoms with Crippen molar-refractivity contribution in [3.05, 3.63) is 22.6 Å². The van der Waals surface area contributed by atoms with E-state index >= 15 is 0 Å². The second kappa shape index (κ2) is 6.73. The van der Waals surface area contributed by atoms with Crippen LogP contribution in [0.15, 0.2) is 12.5 Å². The van der Waals surface area contributed by atoms with E-state index in [1.54, 1.807) is 4.68 Å². The molecule has 9 nitrogen and oxygen atoms in total. The molecule has 2 aromatic rings. The van der Waals surface area contributed by atoms with Gasteiger partial charge in [0.05, 0.1) is 11.1 Å². The van der Waals surface area contributed by atoms with Crippen molar-refractivity contribution >= 4 is 11.5 Å². The van der Waals surface area contributed by atoms with Crippen molar-refractivity contribution < 1.29 is 4.92 Å². The van der Waals surface area contributed by atoms with E-state index in [1.165, 1.54) is 12.5 Å². The summed E-state index contributed by atoms with van der Waals surface area (Å²) in [6.07, 6.45) is 4.47. The molecule has 2 heterocycles. The van der Waals surface area contributed by atoms with E-state index in [1.807, 2.05) is 13.8 Å². The highest BCUT2D eigenvalue weighted by atomic mass is 16.6. The molecule has 0 spiro atoms. The molecule has 0 amide bonds. The minimum atomic E-state index is -0.476. The molecule has 0 fully saturated rings. The lowest BCUT2D eigenvalue weighted by molar-refractivity contribution is -0.383. The second-order valence-corrected chi connectivity index (χ2v) is 4.45. The number of aryl methyl sites for hydroxylation is 1. The standard InChI is InChI=1S/C12H17N7O2/c1-3-5-13-12-11(19(20)21)10(14-8-15-12)9-7-16-17-18(9)6-4-2/h7-8H,3-6H2,1-2H3,(H,13,14,15). The van der Waals surface area contributed by atoms with Gasteiger partial charge in [0, 0.05) is 13.1 Å². The Morgan fingerprint density at radius 2 is 2.14 bits per heavy atom. The van der Waals surface area contributed by atoms with Crippen LogP contribution in [-0.4, -0.2) is 36.4 Å². The maximum absolute atomic E-state index is 11.4. The summed E-state index contributed by atoms with van der Waals surface area (Å²) in [6, 6.07) is 0. The Bertz CT molecular complexity index is 626. The fourth-order valence-corrected chi connectivity index (χ4v) is 1.93. The minimum absolute atomic E-state index is 0.148. The number of rotatable bonds is 7. The van der Waals surface area contributed by atoms with Crippen LogP contribution < -0.4 is 5.32 Å². The van der Waals surface area contributed by atoms with E-state index in [4.69, 9.17) is 0 Å². The molecule has 0 saturated carbocycles. The molecule has 0 aliphatic rings. The van der Waals surface area contributed by atoms with Gasteiger partial charge in [-0.15, -0.1) is 5.10 Å². The zero-order chi connectivity index (χ0) is 15.2. The second-order valence-electron chi connectivity index (χ2n) is 4.45. The van der Waals surface area contributed by atoms with Crippen LogP contribution in [0.4, 0.5) is 11.5 Å². The Labute approximate surface area is 121 Å². The molecule has 21 heavy (non-hydrogen) atoms. The third-order valence-corrected chi connectivity index (χ3v) is 2.84. The minimum Gasteiger partial charge on any atom is -0.364 e. The predicted octanol–water partition coefficient (Wildman–Crippen LogP) is 1.88. The lowest BCUT2D eigenvalue weighted by atomic mass is 10.2. The fourth-order valence-electron chi connectivity index (χ4n) is 1.93. The molecule has 0 radical (unpaired) electrons. The highest BCUT2D eigenvalue weighted by molar-refractivity contribution is 5.74. The molecule has 0 bridgehead atoms. The maximum Gasteiger partial charge on any atom is 0.339 e. The summed E-state index contributed by atoms with van der Waals surface area (Å²) < 4.78 is 1.61. The van der Waals surface area contributed by atoms with E-state index in [2.05, 4.69) is 25.6 Å². The van der Waals surface area contributed by atoms with Crippen LogP contribution in [0.3, 0.4) is 0 Å². The molecule has 0 unspecified atom stereocenters. The first-order valence-electron chi connectivity index (χ1n) is 6.81. The summed E-state index contributed by atoms with van der Waals surface area (Å²) in [5, 5.41) is 22.1. The SMILES string of the molecule is CCCNc1ncnc(-c2cnnn2CCC)c1[N+](=O)[O-]. The molecule has 0 aliphatic carbocycles. The van der Waals surface area contributed by atoms with E-state index in [9.17, 15) is 10.1 Å². The zero-order valence-corrected chi connectivity index (χ0v) is 12.0. The number of nitrogens with zero attached hydrogens (tertiary/aromatic N) is 6. The predicted molar refractivity (Wildman–Crippen MR) is 76.8 cm³/mol. The number of nitrogens with one attached hydrogen (secondary N) is 1. The molecule has 1 N–H and O–H groups in total. The molecular weight excluding hydrogens is 274 g/mol. The molecular formula is C12H17N7O2. The lowest BCUT2D eigenvalue weighted by Crippen LogP contribution is -2.09. The molecule has 0 saturated heterocycles. The van der Waals surface area contributed by atoms with Gasteiger partial charge >= 0.3 is 5.69 Å². The van der Waals surface area contributed by atoms with Gasteiger partial charge in [-0.2, -0.15) is 0 Å². The number of anilines is 1. The normalized spacial score (nSPS) is 10.6. The number of hydrogen-bond donors (Lipinski definition) is 1. The van der Waals surface area contributed by atoms with Crippen molar-refractivity contribution in [2.75, 3.05) is 11.9 Å². The van der Waals surface area contributed by atoms with Crippen molar-refractivity contribution in [1.82, 2.24) is 25.0 Å². The van der Waals surface area contributed by atoms with Crippen LogP contribution in [-0.2, 0) is 6.54 Å². The smallest absolute Gasteiger partial charge is 0.339 e. The van der Waals surface area contributed by atoms with Gasteiger partial charge in [0.2, 0.25) is 5.82 Å². The summed E-state index contributed by atoms with van der Waals surface area (Å²) in [4.78, 5) is 19.0. The monoisotopic (exact) mass is 291 g/mol. The Hall–Kier alpha value is -2.58. The van der Waals surface area contributed by atoms with Gasteiger partial charge in [0.15, 0.2) is 5.69 Å². The summed E-state index contributed by atoms with van der Waals surface area (Å²) >= 11 is 0. The summed E-state index contributed by atoms with van der Waals surface area (Å²) in [5.74, 6) is 0.219. The van der Waals surface area contributed by atoms with Gasteiger partial charge in [0.25, 0.3) is 0 Å². The molecule has 0 aromatic carbocycles. The molecule has 2 rings (SSSR count). The number of aromatic nitrogens is 5. The van der Waals surface area contributed by atoms with Crippen LogP contribution in [0.1, 0.15) is 26.7 Å². The van der Waals surface area contributed by atoms with Crippen LogP contribution in [0, 0.1) is 10.1 Å². The third kappa shape index (κ3) is 3.12. The van der Waals surface area contributed by atoms with Gasteiger partial charge in [0.1, 0.15) is 12.0 Å². The summed E-state index contributed by atoms with van der Waals surface area (Å²) in [7, 11) is 0. The van der Waals surface area contributed by atoms with Crippen LogP contribution in [0.2, 0.25) is 0 Å². The zero-order valence-electron chi connectivity index (χ0n) is 12.0. The summed E-state index contributed by atoms with van der Waals surface area (Å²) in [5.41, 5.74) is 0.600. The van der Waals surface area contributed by atoms with Crippen LogP contribution >= 0.6 is 0 Å². The molecule has 0 atom stereocenters. The van der Waals surface area contributed by atoms with Crippen LogP contribution in [0.25, 0.3) is 11.4 Å². The quantitative estimate of drug-likeness (QED) is 0.612. The maximum atomic E-state index is 11.4. The average molecular weight is 291 g/mol. The van der Waals surface area contributed by atoms with Crippen molar-refractivity contribution in [3.63, 3.8) is 0 Å². The largest absolute Gasteiger partial charge is 0.364 e. The van der Waals surface area contributed by atoms with Gasteiger partial charge in [-0.25, -0.2) is 14.6 Å². The number of hydrogen-bond acceptors (Lipinski definition) is 7. The lowest BCUT2D eigenvalue weighted by Gasteiger charge is -2.08. The number of nitro groups is 1. The van der Waals surface area contributed by atoms with Crippen LogP contribution in [0.5, 0.6) is 0 Å². The fraction of sp³-hybridized carbons (Fsp3) is 0.500. The Kier molecular flexibility index (Phi) is 4.75.